The van der Waals surface area contributed by atoms with Crippen LogP contribution in [0.25, 0.3) is 0 Å². The molecule has 0 aromatic heterocycles. The summed E-state index contributed by atoms with van der Waals surface area (Å²) in [6.07, 6.45) is 0.848. The molecule has 0 saturated heterocycles. The van der Waals surface area contributed by atoms with Crippen LogP contribution in [0.5, 0.6) is 17.2 Å². The molecular weight excluding hydrogens is 445 g/mol. The van der Waals surface area contributed by atoms with Crippen LogP contribution in [-0.2, 0) is 6.42 Å². The summed E-state index contributed by atoms with van der Waals surface area (Å²) in [5.41, 5.74) is 2.46. The Balaban J connectivity index is 1.59. The standard InChI is InChI=1S/C29H32FNO4/c1-19(2)34-25-10-8-24(9-11-25)33-18-28-27-13-12-26(35-20(3)4)17-21(27)14-15-31(28)29(32)22-6-5-7-23(30)16-22/h5-13,16-17,19-20,28H,14-15,18H2,1-4H3. The third kappa shape index (κ3) is 6.13. The first-order valence-electron chi connectivity index (χ1n) is 12.1. The maximum atomic E-state index is 13.8. The van der Waals surface area contributed by atoms with Gasteiger partial charge in [0.1, 0.15) is 29.7 Å². The van der Waals surface area contributed by atoms with Gasteiger partial charge in [0.05, 0.1) is 18.2 Å². The third-order valence-corrected chi connectivity index (χ3v) is 5.78. The highest BCUT2D eigenvalue weighted by Crippen LogP contribution is 2.34. The Labute approximate surface area is 206 Å². The molecule has 1 heterocycles. The monoisotopic (exact) mass is 477 g/mol. The number of halogens is 1. The van der Waals surface area contributed by atoms with Crippen molar-refractivity contribution in [3.8, 4) is 17.2 Å². The Bertz CT molecular complexity index is 1160. The summed E-state index contributed by atoms with van der Waals surface area (Å²) in [4.78, 5) is 15.2. The van der Waals surface area contributed by atoms with E-state index in [1.807, 2.05) is 70.2 Å². The zero-order chi connectivity index (χ0) is 24.9. The average Bonchev–Trinajstić information content (AvgIpc) is 2.82. The van der Waals surface area contributed by atoms with E-state index in [-0.39, 0.29) is 30.8 Å². The number of rotatable bonds is 8. The zero-order valence-corrected chi connectivity index (χ0v) is 20.7. The summed E-state index contributed by atoms with van der Waals surface area (Å²) < 4.78 is 31.6. The first-order chi connectivity index (χ1) is 16.8. The van der Waals surface area contributed by atoms with Crippen molar-refractivity contribution < 1.29 is 23.4 Å². The number of hydrogen-bond donors (Lipinski definition) is 0. The summed E-state index contributed by atoms with van der Waals surface area (Å²) in [5, 5.41) is 0. The van der Waals surface area contributed by atoms with Gasteiger partial charge in [-0.15, -0.1) is 0 Å². The predicted octanol–water partition coefficient (Wildman–Crippen LogP) is 6.22. The molecule has 1 aliphatic heterocycles. The van der Waals surface area contributed by atoms with Gasteiger partial charge in [-0.1, -0.05) is 12.1 Å². The second-order valence-corrected chi connectivity index (χ2v) is 9.25. The fourth-order valence-electron chi connectivity index (χ4n) is 4.31. The Morgan fingerprint density at radius 2 is 1.57 bits per heavy atom. The van der Waals surface area contributed by atoms with Crippen LogP contribution >= 0.6 is 0 Å². The van der Waals surface area contributed by atoms with Gasteiger partial charge >= 0.3 is 0 Å². The largest absolute Gasteiger partial charge is 0.491 e. The smallest absolute Gasteiger partial charge is 0.254 e. The van der Waals surface area contributed by atoms with Gasteiger partial charge in [0, 0.05) is 12.1 Å². The second kappa shape index (κ2) is 10.8. The normalized spacial score (nSPS) is 15.2. The molecule has 0 aliphatic carbocycles. The fraction of sp³-hybridized carbons (Fsp3) is 0.345. The quantitative estimate of drug-likeness (QED) is 0.387. The van der Waals surface area contributed by atoms with Gasteiger partial charge in [-0.2, -0.15) is 0 Å². The first kappa shape index (κ1) is 24.6. The molecule has 1 unspecified atom stereocenters. The van der Waals surface area contributed by atoms with Crippen LogP contribution in [-0.4, -0.2) is 36.2 Å². The summed E-state index contributed by atoms with van der Waals surface area (Å²) in [6.45, 7) is 8.71. The summed E-state index contributed by atoms with van der Waals surface area (Å²) >= 11 is 0. The summed E-state index contributed by atoms with van der Waals surface area (Å²) in [5.74, 6) is 1.62. The molecule has 3 aromatic carbocycles. The number of hydrogen-bond acceptors (Lipinski definition) is 4. The van der Waals surface area contributed by atoms with Crippen molar-refractivity contribution >= 4 is 5.91 Å². The van der Waals surface area contributed by atoms with Crippen molar-refractivity contribution in [3.05, 3.63) is 89.2 Å². The van der Waals surface area contributed by atoms with Gasteiger partial charge in [-0.3, -0.25) is 4.79 Å². The number of amides is 1. The maximum Gasteiger partial charge on any atom is 0.254 e. The van der Waals surface area contributed by atoms with E-state index in [0.717, 1.165) is 22.6 Å². The van der Waals surface area contributed by atoms with Gasteiger partial charge in [-0.25, -0.2) is 4.39 Å². The first-order valence-corrected chi connectivity index (χ1v) is 12.1. The van der Waals surface area contributed by atoms with Crippen LogP contribution in [0.2, 0.25) is 0 Å². The van der Waals surface area contributed by atoms with E-state index in [9.17, 15) is 9.18 Å². The number of carbonyl (C=O) groups is 1. The number of ether oxygens (including phenoxy) is 3. The van der Waals surface area contributed by atoms with E-state index < -0.39 is 5.82 Å². The lowest BCUT2D eigenvalue weighted by molar-refractivity contribution is 0.0589. The van der Waals surface area contributed by atoms with Crippen LogP contribution in [0.15, 0.2) is 66.7 Å². The topological polar surface area (TPSA) is 48.0 Å². The molecule has 6 heteroatoms. The van der Waals surface area contributed by atoms with E-state index in [4.69, 9.17) is 14.2 Å². The molecular formula is C29H32FNO4. The molecule has 1 aliphatic rings. The molecule has 3 aromatic rings. The molecule has 0 N–H and O–H groups in total. The lowest BCUT2D eigenvalue weighted by Gasteiger charge is -2.37. The van der Waals surface area contributed by atoms with Gasteiger partial charge in [-0.05, 0) is 99.8 Å². The van der Waals surface area contributed by atoms with Crippen molar-refractivity contribution in [2.75, 3.05) is 13.2 Å². The molecule has 5 nitrogen and oxygen atoms in total. The van der Waals surface area contributed by atoms with Crippen molar-refractivity contribution in [2.24, 2.45) is 0 Å². The number of nitrogens with zero attached hydrogens (tertiary/aromatic N) is 1. The molecule has 0 bridgehead atoms. The fourth-order valence-corrected chi connectivity index (χ4v) is 4.31. The van der Waals surface area contributed by atoms with Gasteiger partial charge in [0.2, 0.25) is 0 Å². The highest BCUT2D eigenvalue weighted by molar-refractivity contribution is 5.94. The van der Waals surface area contributed by atoms with Crippen LogP contribution in [0.4, 0.5) is 4.39 Å². The predicted molar refractivity (Wildman–Crippen MR) is 134 cm³/mol. The lowest BCUT2D eigenvalue weighted by atomic mass is 9.92. The minimum atomic E-state index is -0.430. The Morgan fingerprint density at radius 1 is 0.914 bits per heavy atom. The summed E-state index contributed by atoms with van der Waals surface area (Å²) in [6, 6.07) is 18.9. The summed E-state index contributed by atoms with van der Waals surface area (Å²) in [7, 11) is 0. The molecule has 0 radical (unpaired) electrons. The number of fused-ring (bicyclic) bond motifs is 1. The molecule has 0 spiro atoms. The molecule has 35 heavy (non-hydrogen) atoms. The van der Waals surface area contributed by atoms with Crippen LogP contribution in [0.1, 0.15) is 55.2 Å². The minimum absolute atomic E-state index is 0.0736. The van der Waals surface area contributed by atoms with Crippen LogP contribution < -0.4 is 14.2 Å². The van der Waals surface area contributed by atoms with Crippen LogP contribution in [0.3, 0.4) is 0 Å². The SMILES string of the molecule is CC(C)Oc1ccc(OCC2c3ccc(OC(C)C)cc3CCN2C(=O)c2cccc(F)c2)cc1. The molecule has 0 saturated carbocycles. The molecule has 1 amide bonds. The second-order valence-electron chi connectivity index (χ2n) is 9.25. The zero-order valence-electron chi connectivity index (χ0n) is 20.7. The third-order valence-electron chi connectivity index (χ3n) is 5.78. The highest BCUT2D eigenvalue weighted by Gasteiger charge is 2.32. The van der Waals surface area contributed by atoms with E-state index in [0.29, 0.717) is 24.3 Å². The maximum absolute atomic E-state index is 13.8. The lowest BCUT2D eigenvalue weighted by Crippen LogP contribution is -2.42. The van der Waals surface area contributed by atoms with E-state index in [2.05, 4.69) is 0 Å². The Hall–Kier alpha value is -3.54. The van der Waals surface area contributed by atoms with Crippen molar-refractivity contribution in [2.45, 2.75) is 52.4 Å². The highest BCUT2D eigenvalue weighted by atomic mass is 19.1. The van der Waals surface area contributed by atoms with E-state index >= 15 is 0 Å². The Kier molecular flexibility index (Phi) is 7.59. The van der Waals surface area contributed by atoms with Crippen molar-refractivity contribution in [1.29, 1.82) is 0 Å². The minimum Gasteiger partial charge on any atom is -0.491 e. The number of carbonyl (C=O) groups excluding carboxylic acids is 1. The van der Waals surface area contributed by atoms with E-state index in [1.54, 1.807) is 17.0 Å². The molecule has 184 valence electrons. The average molecular weight is 478 g/mol. The van der Waals surface area contributed by atoms with Gasteiger partial charge in [0.25, 0.3) is 5.91 Å². The van der Waals surface area contributed by atoms with Gasteiger partial charge in [0.15, 0.2) is 0 Å². The molecule has 0 fully saturated rings. The van der Waals surface area contributed by atoms with Crippen molar-refractivity contribution in [3.63, 3.8) is 0 Å². The molecule has 1 atom stereocenters. The molecule has 4 rings (SSSR count). The van der Waals surface area contributed by atoms with Crippen molar-refractivity contribution in [1.82, 2.24) is 4.90 Å². The number of benzene rings is 3. The van der Waals surface area contributed by atoms with Gasteiger partial charge < -0.3 is 19.1 Å². The Morgan fingerprint density at radius 3 is 2.26 bits per heavy atom. The van der Waals surface area contributed by atoms with E-state index in [1.165, 1.54) is 12.1 Å². The van der Waals surface area contributed by atoms with Crippen LogP contribution in [0, 0.1) is 5.82 Å².